The van der Waals surface area contributed by atoms with E-state index in [9.17, 15) is 14.0 Å². The number of rotatable bonds is 5. The van der Waals surface area contributed by atoms with Gasteiger partial charge in [0.05, 0.1) is 23.0 Å². The van der Waals surface area contributed by atoms with Crippen LogP contribution in [0.1, 0.15) is 35.8 Å². The zero-order valence-corrected chi connectivity index (χ0v) is 17.7. The molecule has 1 aromatic carbocycles. The number of hydrogen-bond donors (Lipinski definition) is 1. The third kappa shape index (κ3) is 3.83. The molecule has 0 saturated carbocycles. The van der Waals surface area contributed by atoms with Crippen LogP contribution in [0.2, 0.25) is 0 Å². The summed E-state index contributed by atoms with van der Waals surface area (Å²) in [6, 6.07) is 9.10. The molecule has 2 aromatic heterocycles. The van der Waals surface area contributed by atoms with Crippen molar-refractivity contribution in [3.8, 4) is 0 Å². The number of amides is 2. The number of fused-ring (bicyclic) bond motifs is 1. The van der Waals surface area contributed by atoms with Crippen molar-refractivity contribution in [1.82, 2.24) is 24.6 Å². The van der Waals surface area contributed by atoms with Crippen LogP contribution in [0.25, 0.3) is 10.9 Å². The Morgan fingerprint density at radius 3 is 2.71 bits per heavy atom. The molecule has 1 fully saturated rings. The Kier molecular flexibility index (Phi) is 5.34. The molecule has 4 rings (SSSR count). The van der Waals surface area contributed by atoms with Gasteiger partial charge in [-0.15, -0.1) is 0 Å². The molecule has 0 spiro atoms. The smallest absolute Gasteiger partial charge is 0.257 e. The number of para-hydroxylation sites is 1. The lowest BCUT2D eigenvalue weighted by Crippen LogP contribution is -2.49. The van der Waals surface area contributed by atoms with Crippen LogP contribution >= 0.6 is 0 Å². The van der Waals surface area contributed by atoms with E-state index >= 15 is 0 Å². The van der Waals surface area contributed by atoms with Crippen molar-refractivity contribution in [2.75, 3.05) is 25.9 Å². The number of halogens is 1. The van der Waals surface area contributed by atoms with Crippen LogP contribution in [-0.4, -0.2) is 62.6 Å². The maximum absolute atomic E-state index is 14.0. The summed E-state index contributed by atoms with van der Waals surface area (Å²) in [5.41, 5.74) is 7.23. The number of nitrogens with two attached hydrogens (primary N) is 1. The highest BCUT2D eigenvalue weighted by Crippen LogP contribution is 2.33. The highest BCUT2D eigenvalue weighted by atomic mass is 19.1. The van der Waals surface area contributed by atoms with Gasteiger partial charge in [0, 0.05) is 37.5 Å². The van der Waals surface area contributed by atoms with Crippen LogP contribution in [0.15, 0.2) is 36.5 Å². The number of carbonyl (C=O) groups excluding carboxylic acids is 2. The van der Waals surface area contributed by atoms with Gasteiger partial charge >= 0.3 is 0 Å². The second-order valence-corrected chi connectivity index (χ2v) is 8.15. The first-order chi connectivity index (χ1) is 14.8. The van der Waals surface area contributed by atoms with Gasteiger partial charge in [0.15, 0.2) is 5.82 Å². The van der Waals surface area contributed by atoms with Crippen molar-refractivity contribution in [3.63, 3.8) is 0 Å². The van der Waals surface area contributed by atoms with Gasteiger partial charge < -0.3 is 15.5 Å². The molecule has 1 aliphatic heterocycles. The van der Waals surface area contributed by atoms with Crippen LogP contribution in [0.5, 0.6) is 0 Å². The molecule has 8 nitrogen and oxygen atoms in total. The van der Waals surface area contributed by atoms with Gasteiger partial charge in [-0.05, 0) is 26.0 Å². The van der Waals surface area contributed by atoms with Crippen molar-refractivity contribution in [3.05, 3.63) is 53.6 Å². The Morgan fingerprint density at radius 2 is 2.00 bits per heavy atom. The molecular weight excluding hydrogens is 399 g/mol. The Labute approximate surface area is 179 Å². The normalized spacial score (nSPS) is 14.2. The first kappa shape index (κ1) is 20.8. The molecule has 0 bridgehead atoms. The lowest BCUT2D eigenvalue weighted by molar-refractivity contribution is -0.132. The molecule has 1 saturated heterocycles. The van der Waals surface area contributed by atoms with E-state index < -0.39 is 11.7 Å². The number of pyridine rings is 1. The van der Waals surface area contributed by atoms with Crippen molar-refractivity contribution in [2.24, 2.45) is 0 Å². The lowest BCUT2D eigenvalue weighted by atomic mass is 9.93. The molecule has 31 heavy (non-hydrogen) atoms. The molecular formula is C22H25FN6O2. The van der Waals surface area contributed by atoms with E-state index in [1.807, 2.05) is 38.1 Å². The lowest BCUT2D eigenvalue weighted by Gasteiger charge is -2.38. The second kappa shape index (κ2) is 7.98. The van der Waals surface area contributed by atoms with Gasteiger partial charge in [-0.3, -0.25) is 14.3 Å². The van der Waals surface area contributed by atoms with Gasteiger partial charge in [0.1, 0.15) is 12.4 Å². The Hall–Kier alpha value is -3.49. The van der Waals surface area contributed by atoms with E-state index in [-0.39, 0.29) is 35.8 Å². The van der Waals surface area contributed by atoms with E-state index in [0.717, 1.165) is 22.8 Å². The second-order valence-electron chi connectivity index (χ2n) is 8.15. The Morgan fingerprint density at radius 1 is 1.29 bits per heavy atom. The summed E-state index contributed by atoms with van der Waals surface area (Å²) in [5.74, 6) is -1.02. The van der Waals surface area contributed by atoms with Crippen LogP contribution in [-0.2, 0) is 11.3 Å². The SMILES string of the molecule is CC(C)N(C)C(=O)Cn1nc(C2CN(C(=O)c3cc(N)ncc3F)C2)c2ccccc21. The fourth-order valence-corrected chi connectivity index (χ4v) is 3.71. The molecule has 162 valence electrons. The zero-order valence-electron chi connectivity index (χ0n) is 17.7. The van der Waals surface area contributed by atoms with Crippen molar-refractivity contribution in [2.45, 2.75) is 32.4 Å². The summed E-state index contributed by atoms with van der Waals surface area (Å²) in [4.78, 5) is 32.1. The maximum Gasteiger partial charge on any atom is 0.257 e. The molecule has 9 heteroatoms. The van der Waals surface area contributed by atoms with Crippen LogP contribution in [0, 0.1) is 5.82 Å². The van der Waals surface area contributed by atoms with Gasteiger partial charge in [0.2, 0.25) is 5.91 Å². The first-order valence-electron chi connectivity index (χ1n) is 10.2. The summed E-state index contributed by atoms with van der Waals surface area (Å²) in [5, 5.41) is 5.68. The van der Waals surface area contributed by atoms with E-state index in [1.54, 1.807) is 21.5 Å². The van der Waals surface area contributed by atoms with E-state index in [1.165, 1.54) is 6.07 Å². The first-order valence-corrected chi connectivity index (χ1v) is 10.2. The molecule has 0 atom stereocenters. The highest BCUT2D eigenvalue weighted by molar-refractivity contribution is 5.96. The summed E-state index contributed by atoms with van der Waals surface area (Å²) in [6.45, 7) is 4.90. The number of benzene rings is 1. The average Bonchev–Trinajstić information content (AvgIpc) is 3.06. The predicted octanol–water partition coefficient (Wildman–Crippen LogP) is 2.26. The molecule has 0 unspecified atom stereocenters. The standard InChI is InChI=1S/C22H25FN6O2/c1-13(2)27(3)20(30)12-29-18-7-5-4-6-15(18)21(26-29)14-10-28(11-14)22(31)16-8-19(24)25-9-17(16)23/h4-9,13-14H,10-12H2,1-3H3,(H2,24,25). The minimum absolute atomic E-state index is 0.00951. The minimum Gasteiger partial charge on any atom is -0.384 e. The number of nitrogen functional groups attached to an aromatic ring is 1. The molecule has 3 heterocycles. The van der Waals surface area contributed by atoms with Crippen molar-refractivity contribution < 1.29 is 14.0 Å². The summed E-state index contributed by atoms with van der Waals surface area (Å²) in [6.07, 6.45) is 0.959. The topological polar surface area (TPSA) is 97.4 Å². The van der Waals surface area contributed by atoms with Gasteiger partial charge in [-0.1, -0.05) is 18.2 Å². The van der Waals surface area contributed by atoms with Crippen molar-refractivity contribution >= 4 is 28.5 Å². The number of anilines is 1. The highest BCUT2D eigenvalue weighted by Gasteiger charge is 2.36. The average molecular weight is 424 g/mol. The minimum atomic E-state index is -0.690. The molecule has 2 N–H and O–H groups in total. The van der Waals surface area contributed by atoms with Crippen LogP contribution < -0.4 is 5.73 Å². The molecule has 0 radical (unpaired) electrons. The zero-order chi connectivity index (χ0) is 22.3. The Bertz CT molecular complexity index is 1150. The Balaban J connectivity index is 1.54. The van der Waals surface area contributed by atoms with Gasteiger partial charge in [0.25, 0.3) is 5.91 Å². The maximum atomic E-state index is 14.0. The number of carbonyl (C=O) groups is 2. The third-order valence-electron chi connectivity index (χ3n) is 5.80. The molecule has 2 amide bonds. The quantitative estimate of drug-likeness (QED) is 0.678. The van der Waals surface area contributed by atoms with E-state index in [4.69, 9.17) is 10.8 Å². The fourth-order valence-electron chi connectivity index (χ4n) is 3.71. The summed E-state index contributed by atoms with van der Waals surface area (Å²) >= 11 is 0. The molecule has 3 aromatic rings. The van der Waals surface area contributed by atoms with Crippen LogP contribution in [0.3, 0.4) is 0 Å². The third-order valence-corrected chi connectivity index (χ3v) is 5.80. The van der Waals surface area contributed by atoms with E-state index in [0.29, 0.717) is 13.1 Å². The predicted molar refractivity (Wildman–Crippen MR) is 115 cm³/mol. The van der Waals surface area contributed by atoms with Gasteiger partial charge in [-0.2, -0.15) is 5.10 Å². The fraction of sp³-hybridized carbons (Fsp3) is 0.364. The summed E-state index contributed by atoms with van der Waals surface area (Å²) < 4.78 is 15.7. The van der Waals surface area contributed by atoms with Crippen LogP contribution in [0.4, 0.5) is 10.2 Å². The number of nitrogens with zero attached hydrogens (tertiary/aromatic N) is 5. The summed E-state index contributed by atoms with van der Waals surface area (Å²) in [7, 11) is 1.78. The van der Waals surface area contributed by atoms with Gasteiger partial charge in [-0.25, -0.2) is 9.37 Å². The molecule has 1 aliphatic rings. The largest absolute Gasteiger partial charge is 0.384 e. The van der Waals surface area contributed by atoms with Crippen molar-refractivity contribution in [1.29, 1.82) is 0 Å². The number of likely N-dealkylation sites (N-methyl/N-ethyl adjacent to an activating group) is 1. The molecule has 0 aliphatic carbocycles. The monoisotopic (exact) mass is 424 g/mol. The number of aromatic nitrogens is 3. The number of hydrogen-bond acceptors (Lipinski definition) is 5. The van der Waals surface area contributed by atoms with E-state index in [2.05, 4.69) is 4.98 Å². The number of likely N-dealkylation sites (tertiary alicyclic amines) is 1.